The van der Waals surface area contributed by atoms with Gasteiger partial charge in [0.15, 0.2) is 6.29 Å². The monoisotopic (exact) mass is 280 g/mol. The molecule has 0 N–H and O–H groups in total. The summed E-state index contributed by atoms with van der Waals surface area (Å²) in [6.07, 6.45) is 0.901. The van der Waals surface area contributed by atoms with E-state index in [0.717, 1.165) is 26.8 Å². The molecule has 1 nitrogen and oxygen atoms in total. The number of hydrogen-bond donors (Lipinski definition) is 0. The number of rotatable bonds is 2. The number of hydrogen-bond acceptors (Lipinski definition) is 2. The molecular weight excluding hydrogens is 272 g/mol. The number of thiophene rings is 1. The van der Waals surface area contributed by atoms with E-state index >= 15 is 0 Å². The molecule has 2 aromatic rings. The number of aldehydes is 1. The molecule has 0 fully saturated rings. The Hall–Kier alpha value is -0.930. The van der Waals surface area contributed by atoms with E-state index in [2.05, 4.69) is 28.9 Å². The molecule has 0 aliphatic carbocycles. The second-order valence-electron chi connectivity index (χ2n) is 3.22. The van der Waals surface area contributed by atoms with Crippen LogP contribution in [0.15, 0.2) is 34.8 Å². The highest BCUT2D eigenvalue weighted by Crippen LogP contribution is 2.35. The summed E-state index contributed by atoms with van der Waals surface area (Å²) in [4.78, 5) is 13.2. The lowest BCUT2D eigenvalue weighted by Gasteiger charge is -1.99. The van der Waals surface area contributed by atoms with Crippen LogP contribution in [0.5, 0.6) is 0 Å². The Balaban J connectivity index is 2.58. The topological polar surface area (TPSA) is 17.1 Å². The summed E-state index contributed by atoms with van der Waals surface area (Å²) in [6, 6.07) is 9.70. The minimum absolute atomic E-state index is 0.742. The zero-order valence-corrected chi connectivity index (χ0v) is 10.6. The number of aryl methyl sites for hydroxylation is 1. The van der Waals surface area contributed by atoms with Crippen molar-refractivity contribution in [1.29, 1.82) is 0 Å². The van der Waals surface area contributed by atoms with Crippen LogP contribution in [0.1, 0.15) is 15.2 Å². The Morgan fingerprint density at radius 2 is 2.07 bits per heavy atom. The molecular formula is C12H9BrOS. The zero-order valence-electron chi connectivity index (χ0n) is 8.16. The van der Waals surface area contributed by atoms with E-state index in [4.69, 9.17) is 0 Å². The fourth-order valence-corrected chi connectivity index (χ4v) is 3.00. The second-order valence-corrected chi connectivity index (χ2v) is 5.33. The zero-order chi connectivity index (χ0) is 10.8. The van der Waals surface area contributed by atoms with Gasteiger partial charge in [-0.2, -0.15) is 0 Å². The molecule has 0 aliphatic rings. The van der Waals surface area contributed by atoms with Crippen LogP contribution in [0.2, 0.25) is 0 Å². The fraction of sp³-hybridized carbons (Fsp3) is 0.0833. The first-order chi connectivity index (χ1) is 7.22. The van der Waals surface area contributed by atoms with Gasteiger partial charge < -0.3 is 0 Å². The number of halogens is 1. The standard InChI is InChI=1S/C12H9BrOS/c1-8-11(13)6-12(15-8)10-5-3-2-4-9(10)7-14/h2-7H,1H3. The molecule has 0 saturated heterocycles. The Bertz CT molecular complexity index is 483. The highest BCUT2D eigenvalue weighted by molar-refractivity contribution is 9.10. The van der Waals surface area contributed by atoms with E-state index in [0.29, 0.717) is 0 Å². The maximum atomic E-state index is 10.9. The number of benzene rings is 1. The second kappa shape index (κ2) is 4.29. The first-order valence-electron chi connectivity index (χ1n) is 4.53. The van der Waals surface area contributed by atoms with Crippen molar-refractivity contribution in [1.82, 2.24) is 0 Å². The molecule has 0 saturated carbocycles. The van der Waals surface area contributed by atoms with Crippen LogP contribution in [-0.4, -0.2) is 6.29 Å². The van der Waals surface area contributed by atoms with E-state index in [1.165, 1.54) is 4.88 Å². The van der Waals surface area contributed by atoms with Gasteiger partial charge >= 0.3 is 0 Å². The van der Waals surface area contributed by atoms with Crippen molar-refractivity contribution in [2.75, 3.05) is 0 Å². The van der Waals surface area contributed by atoms with Crippen molar-refractivity contribution in [3.63, 3.8) is 0 Å². The van der Waals surface area contributed by atoms with Crippen molar-refractivity contribution in [3.05, 3.63) is 45.2 Å². The van der Waals surface area contributed by atoms with Gasteiger partial charge in [0.05, 0.1) is 0 Å². The van der Waals surface area contributed by atoms with Gasteiger partial charge in [-0.25, -0.2) is 0 Å². The number of carbonyl (C=O) groups excluding carboxylic acids is 1. The lowest BCUT2D eigenvalue weighted by molar-refractivity contribution is 0.112. The quantitative estimate of drug-likeness (QED) is 0.750. The lowest BCUT2D eigenvalue weighted by atomic mass is 10.1. The molecule has 2 rings (SSSR count). The van der Waals surface area contributed by atoms with Crippen LogP contribution in [-0.2, 0) is 0 Å². The predicted octanol–water partition coefficient (Wildman–Crippen LogP) is 4.30. The van der Waals surface area contributed by atoms with Crippen LogP contribution >= 0.6 is 27.3 Å². The molecule has 1 aromatic carbocycles. The van der Waals surface area contributed by atoms with Gasteiger partial charge in [0, 0.05) is 25.4 Å². The van der Waals surface area contributed by atoms with Gasteiger partial charge in [0.25, 0.3) is 0 Å². The highest BCUT2D eigenvalue weighted by atomic mass is 79.9. The largest absolute Gasteiger partial charge is 0.298 e. The third-order valence-electron chi connectivity index (χ3n) is 2.21. The Morgan fingerprint density at radius 1 is 1.33 bits per heavy atom. The molecule has 76 valence electrons. The molecule has 0 radical (unpaired) electrons. The molecule has 0 spiro atoms. The van der Waals surface area contributed by atoms with Crippen LogP contribution < -0.4 is 0 Å². The van der Waals surface area contributed by atoms with Gasteiger partial charge in [0.1, 0.15) is 0 Å². The molecule has 1 heterocycles. The summed E-state index contributed by atoms with van der Waals surface area (Å²) in [5.74, 6) is 0. The van der Waals surface area contributed by atoms with Crippen LogP contribution in [0.4, 0.5) is 0 Å². The molecule has 3 heteroatoms. The lowest BCUT2D eigenvalue weighted by Crippen LogP contribution is -1.83. The summed E-state index contributed by atoms with van der Waals surface area (Å²) in [5, 5.41) is 0. The SMILES string of the molecule is Cc1sc(-c2ccccc2C=O)cc1Br. The van der Waals surface area contributed by atoms with E-state index in [9.17, 15) is 4.79 Å². The van der Waals surface area contributed by atoms with Gasteiger partial charge in [-0.05, 0) is 28.9 Å². The van der Waals surface area contributed by atoms with Gasteiger partial charge in [0.2, 0.25) is 0 Å². The predicted molar refractivity (Wildman–Crippen MR) is 67.6 cm³/mol. The van der Waals surface area contributed by atoms with Crippen molar-refractivity contribution in [2.24, 2.45) is 0 Å². The van der Waals surface area contributed by atoms with Gasteiger partial charge in [-0.3, -0.25) is 4.79 Å². The first-order valence-corrected chi connectivity index (χ1v) is 6.14. The molecule has 0 aliphatic heterocycles. The fourth-order valence-electron chi connectivity index (χ4n) is 1.42. The van der Waals surface area contributed by atoms with E-state index in [1.807, 2.05) is 24.3 Å². The molecule has 15 heavy (non-hydrogen) atoms. The van der Waals surface area contributed by atoms with Crippen molar-refractivity contribution >= 4 is 33.6 Å². The minimum atomic E-state index is 0.742. The smallest absolute Gasteiger partial charge is 0.150 e. The van der Waals surface area contributed by atoms with Crippen molar-refractivity contribution < 1.29 is 4.79 Å². The average molecular weight is 281 g/mol. The summed E-state index contributed by atoms with van der Waals surface area (Å²) < 4.78 is 1.10. The van der Waals surface area contributed by atoms with Crippen LogP contribution in [0.25, 0.3) is 10.4 Å². The molecule has 0 atom stereocenters. The van der Waals surface area contributed by atoms with Crippen molar-refractivity contribution in [3.8, 4) is 10.4 Å². The summed E-state index contributed by atoms with van der Waals surface area (Å²) in [6.45, 7) is 2.06. The maximum Gasteiger partial charge on any atom is 0.150 e. The van der Waals surface area contributed by atoms with E-state index in [1.54, 1.807) is 11.3 Å². The maximum absolute atomic E-state index is 10.9. The summed E-state index contributed by atoms with van der Waals surface area (Å²) >= 11 is 5.17. The molecule has 0 amide bonds. The molecule has 1 aromatic heterocycles. The normalized spacial score (nSPS) is 10.3. The van der Waals surface area contributed by atoms with Gasteiger partial charge in [-0.15, -0.1) is 11.3 Å². The van der Waals surface area contributed by atoms with Crippen LogP contribution in [0, 0.1) is 6.92 Å². The minimum Gasteiger partial charge on any atom is -0.298 e. The third-order valence-corrected chi connectivity index (χ3v) is 4.38. The third kappa shape index (κ3) is 2.03. The Kier molecular flexibility index (Phi) is 3.03. The molecule has 0 bridgehead atoms. The number of carbonyl (C=O) groups is 1. The summed E-state index contributed by atoms with van der Waals surface area (Å²) in [7, 11) is 0. The Labute approximate surface area is 101 Å². The van der Waals surface area contributed by atoms with E-state index < -0.39 is 0 Å². The van der Waals surface area contributed by atoms with Crippen molar-refractivity contribution in [2.45, 2.75) is 6.92 Å². The highest BCUT2D eigenvalue weighted by Gasteiger charge is 2.08. The first kappa shape index (κ1) is 10.6. The average Bonchev–Trinajstić information content (AvgIpc) is 2.59. The van der Waals surface area contributed by atoms with Crippen LogP contribution in [0.3, 0.4) is 0 Å². The summed E-state index contributed by atoms with van der Waals surface area (Å²) in [5.41, 5.74) is 1.75. The van der Waals surface area contributed by atoms with Gasteiger partial charge in [-0.1, -0.05) is 24.3 Å². The Morgan fingerprint density at radius 3 is 2.67 bits per heavy atom. The molecule has 0 unspecified atom stereocenters. The van der Waals surface area contributed by atoms with E-state index in [-0.39, 0.29) is 0 Å².